The molecular weight excluding hydrogens is 168 g/mol. The predicted molar refractivity (Wildman–Crippen MR) is 43.4 cm³/mol. The fourth-order valence-corrected chi connectivity index (χ4v) is 0.306. The first-order valence-electron chi connectivity index (χ1n) is 2.95. The minimum Gasteiger partial charge on any atom is -0.300 e. The molecule has 0 heterocycles. The largest absolute Gasteiger partial charge is 0.300 e. The summed E-state index contributed by atoms with van der Waals surface area (Å²) >= 11 is 0. The summed E-state index contributed by atoms with van der Waals surface area (Å²) in [5.74, 6) is 0.167. The van der Waals surface area contributed by atoms with Crippen LogP contribution in [-0.2, 0) is 15.0 Å². The van der Waals surface area contributed by atoms with E-state index in [1.165, 1.54) is 27.9 Å². The van der Waals surface area contributed by atoms with Gasteiger partial charge in [-0.3, -0.25) is 0 Å². The van der Waals surface area contributed by atoms with Gasteiger partial charge < -0.3 is 4.79 Å². The average Bonchev–Trinajstić information content (AvgIpc) is 1.87. The van der Waals surface area contributed by atoms with Gasteiger partial charge in [-0.2, -0.15) is 8.42 Å². The molecular formula is C5H14N2O3S. The highest BCUT2D eigenvalue weighted by atomic mass is 32.2. The molecule has 6 heteroatoms. The van der Waals surface area contributed by atoms with Crippen molar-refractivity contribution in [1.82, 2.24) is 9.44 Å². The lowest BCUT2D eigenvalue weighted by Crippen LogP contribution is -2.30. The van der Waals surface area contributed by atoms with Gasteiger partial charge in [0.15, 0.2) is 0 Å². The lowest BCUT2D eigenvalue weighted by atomic mass is 10.6. The Labute approximate surface area is 67.4 Å². The van der Waals surface area contributed by atoms with E-state index >= 15 is 0 Å². The van der Waals surface area contributed by atoms with Crippen molar-refractivity contribution < 1.29 is 13.2 Å². The van der Waals surface area contributed by atoms with E-state index in [0.717, 1.165) is 0 Å². The summed E-state index contributed by atoms with van der Waals surface area (Å²) in [7, 11) is -0.479. The van der Waals surface area contributed by atoms with Crippen LogP contribution < -0.4 is 9.44 Å². The number of carbonyl (C=O) groups is 1. The van der Waals surface area contributed by atoms with Crippen molar-refractivity contribution in [2.45, 2.75) is 13.8 Å². The first-order valence-corrected chi connectivity index (χ1v) is 4.43. The van der Waals surface area contributed by atoms with E-state index in [9.17, 15) is 13.2 Å². The van der Waals surface area contributed by atoms with Gasteiger partial charge in [0.05, 0.1) is 0 Å². The van der Waals surface area contributed by atoms with Gasteiger partial charge in [0.1, 0.15) is 5.78 Å². The maximum atomic E-state index is 10.1. The van der Waals surface area contributed by atoms with Gasteiger partial charge in [0.25, 0.3) is 10.2 Å². The van der Waals surface area contributed by atoms with E-state index in [2.05, 4.69) is 9.44 Å². The van der Waals surface area contributed by atoms with Crippen LogP contribution in [0, 0.1) is 0 Å². The van der Waals surface area contributed by atoms with Crippen molar-refractivity contribution >= 4 is 16.0 Å². The molecule has 11 heavy (non-hydrogen) atoms. The summed E-state index contributed by atoms with van der Waals surface area (Å²) in [6.45, 7) is 3.06. The van der Waals surface area contributed by atoms with Crippen molar-refractivity contribution in [1.29, 1.82) is 0 Å². The third kappa shape index (κ3) is 17.7. The van der Waals surface area contributed by atoms with Crippen LogP contribution in [0.25, 0.3) is 0 Å². The smallest absolute Gasteiger partial charge is 0.276 e. The molecule has 5 nitrogen and oxygen atoms in total. The lowest BCUT2D eigenvalue weighted by molar-refractivity contribution is -0.114. The van der Waals surface area contributed by atoms with E-state index < -0.39 is 10.2 Å². The second kappa shape index (κ2) is 6.26. The molecule has 0 aliphatic heterocycles. The van der Waals surface area contributed by atoms with E-state index in [1.807, 2.05) is 0 Å². The van der Waals surface area contributed by atoms with E-state index in [4.69, 9.17) is 0 Å². The van der Waals surface area contributed by atoms with Gasteiger partial charge in [-0.1, -0.05) is 0 Å². The highest BCUT2D eigenvalue weighted by Crippen LogP contribution is 1.63. The summed E-state index contributed by atoms with van der Waals surface area (Å²) < 4.78 is 24.4. The molecule has 0 spiro atoms. The molecule has 0 fully saturated rings. The minimum absolute atomic E-state index is 0.167. The SMILES string of the molecule is CC(C)=O.CNS(=O)(=O)NC. The molecule has 0 aliphatic carbocycles. The van der Waals surface area contributed by atoms with Gasteiger partial charge in [-0.25, -0.2) is 9.44 Å². The monoisotopic (exact) mass is 182 g/mol. The molecule has 0 bridgehead atoms. The molecule has 0 aromatic heterocycles. The number of carbonyl (C=O) groups excluding carboxylic acids is 1. The molecule has 0 saturated carbocycles. The van der Waals surface area contributed by atoms with Crippen LogP contribution in [0.4, 0.5) is 0 Å². The molecule has 0 rings (SSSR count). The van der Waals surface area contributed by atoms with Crippen molar-refractivity contribution in [3.05, 3.63) is 0 Å². The van der Waals surface area contributed by atoms with E-state index in [1.54, 1.807) is 0 Å². The third-order valence-electron chi connectivity index (χ3n) is 0.537. The fourth-order valence-electron chi connectivity index (χ4n) is 0.102. The molecule has 0 unspecified atom stereocenters. The minimum atomic E-state index is -3.16. The Morgan fingerprint density at radius 2 is 1.27 bits per heavy atom. The maximum absolute atomic E-state index is 10.1. The second-order valence-corrected chi connectivity index (χ2v) is 3.64. The number of hydrogen-bond donors (Lipinski definition) is 2. The van der Waals surface area contributed by atoms with E-state index in [0.29, 0.717) is 0 Å². The van der Waals surface area contributed by atoms with Gasteiger partial charge in [-0.15, -0.1) is 0 Å². The van der Waals surface area contributed by atoms with Crippen LogP contribution in [0.1, 0.15) is 13.8 Å². The zero-order valence-electron chi connectivity index (χ0n) is 7.13. The van der Waals surface area contributed by atoms with Gasteiger partial charge in [0, 0.05) is 14.1 Å². The van der Waals surface area contributed by atoms with Crippen LogP contribution in [-0.4, -0.2) is 28.3 Å². The number of ketones is 1. The molecule has 0 atom stereocenters. The maximum Gasteiger partial charge on any atom is 0.276 e. The predicted octanol–water partition coefficient (Wildman–Crippen LogP) is -0.735. The van der Waals surface area contributed by atoms with Crippen LogP contribution >= 0.6 is 0 Å². The Morgan fingerprint density at radius 1 is 1.09 bits per heavy atom. The second-order valence-electron chi connectivity index (χ2n) is 1.82. The van der Waals surface area contributed by atoms with Crippen molar-refractivity contribution in [3.8, 4) is 0 Å². The normalized spacial score (nSPS) is 9.82. The van der Waals surface area contributed by atoms with Gasteiger partial charge in [0.2, 0.25) is 0 Å². The molecule has 0 radical (unpaired) electrons. The zero-order chi connectivity index (χ0) is 9.49. The Bertz CT molecular complexity index is 184. The Morgan fingerprint density at radius 3 is 1.27 bits per heavy atom. The van der Waals surface area contributed by atoms with Crippen molar-refractivity contribution in [2.24, 2.45) is 0 Å². The quantitative estimate of drug-likeness (QED) is 0.591. The molecule has 68 valence electrons. The van der Waals surface area contributed by atoms with Crippen LogP contribution in [0.15, 0.2) is 0 Å². The van der Waals surface area contributed by atoms with Crippen molar-refractivity contribution in [3.63, 3.8) is 0 Å². The van der Waals surface area contributed by atoms with Gasteiger partial charge in [-0.05, 0) is 13.8 Å². The third-order valence-corrected chi connectivity index (χ3v) is 1.61. The molecule has 0 saturated heterocycles. The van der Waals surface area contributed by atoms with Crippen molar-refractivity contribution in [2.75, 3.05) is 14.1 Å². The summed E-state index contributed by atoms with van der Waals surface area (Å²) in [4.78, 5) is 9.44. The Balaban J connectivity index is 0. The highest BCUT2D eigenvalue weighted by molar-refractivity contribution is 7.87. The first-order chi connectivity index (χ1) is 4.85. The number of Topliss-reactive ketones (excluding diaryl/α,β-unsaturated/α-hetero) is 1. The average molecular weight is 182 g/mol. The molecule has 2 N–H and O–H groups in total. The number of nitrogens with one attached hydrogen (secondary N) is 2. The Kier molecular flexibility index (Phi) is 7.49. The molecule has 0 aromatic carbocycles. The zero-order valence-corrected chi connectivity index (χ0v) is 7.95. The Hall–Kier alpha value is -0.460. The lowest BCUT2D eigenvalue weighted by Gasteiger charge is -1.94. The molecule has 0 amide bonds. The van der Waals surface area contributed by atoms with Crippen LogP contribution in [0.5, 0.6) is 0 Å². The highest BCUT2D eigenvalue weighted by Gasteiger charge is 1.96. The first kappa shape index (κ1) is 13.2. The summed E-state index contributed by atoms with van der Waals surface area (Å²) in [6, 6.07) is 0. The summed E-state index contributed by atoms with van der Waals surface area (Å²) in [5.41, 5.74) is 0. The summed E-state index contributed by atoms with van der Waals surface area (Å²) in [6.07, 6.45) is 0. The molecule has 0 aromatic rings. The topological polar surface area (TPSA) is 75.3 Å². The standard InChI is InChI=1S/C3H6O.C2H8N2O2S/c1-3(2)4;1-3-7(5,6)4-2/h1-2H3;3-4H,1-2H3. The fraction of sp³-hybridized carbons (Fsp3) is 0.800. The van der Waals surface area contributed by atoms with Crippen LogP contribution in [0.2, 0.25) is 0 Å². The molecule has 0 aliphatic rings. The summed E-state index contributed by atoms with van der Waals surface area (Å²) in [5, 5.41) is 0. The van der Waals surface area contributed by atoms with Gasteiger partial charge >= 0.3 is 0 Å². The van der Waals surface area contributed by atoms with Crippen LogP contribution in [0.3, 0.4) is 0 Å². The number of hydrogen-bond acceptors (Lipinski definition) is 3. The number of rotatable bonds is 2. The van der Waals surface area contributed by atoms with E-state index in [-0.39, 0.29) is 5.78 Å².